The lowest BCUT2D eigenvalue weighted by molar-refractivity contribution is -0.173. The van der Waals surface area contributed by atoms with E-state index in [9.17, 15) is 26.7 Å². The lowest BCUT2D eigenvalue weighted by Crippen LogP contribution is -2.15. The molecule has 0 aliphatic heterocycles. The number of nitrogens with one attached hydrogen (secondary N) is 1. The van der Waals surface area contributed by atoms with E-state index in [1.54, 1.807) is 18.4 Å². The summed E-state index contributed by atoms with van der Waals surface area (Å²) in [4.78, 5) is 17.3. The molecule has 0 radical (unpaired) electrons. The Bertz CT molecular complexity index is 1100. The number of hydrogen-bond donors (Lipinski definition) is 1. The molecule has 10 heteroatoms. The molecule has 1 aromatic heterocycles. The van der Waals surface area contributed by atoms with Crippen LogP contribution in [0.2, 0.25) is 0 Å². The van der Waals surface area contributed by atoms with Gasteiger partial charge >= 0.3 is 6.18 Å². The average Bonchev–Trinajstić information content (AvgIpc) is 3.10. The maximum atomic E-state index is 13.7. The fraction of sp³-hybridized carbons (Fsp3) is 0.143. The zero-order valence-electron chi connectivity index (χ0n) is 16.0. The second-order valence-electron chi connectivity index (χ2n) is 6.47. The van der Waals surface area contributed by atoms with Crippen molar-refractivity contribution in [1.29, 1.82) is 0 Å². The van der Waals surface area contributed by atoms with Crippen molar-refractivity contribution in [3.63, 3.8) is 0 Å². The summed E-state index contributed by atoms with van der Waals surface area (Å²) in [7, 11) is 0. The van der Waals surface area contributed by atoms with Crippen LogP contribution in [0.25, 0.3) is 11.1 Å². The first kappa shape index (κ1) is 22.4. The number of carbonyl (C=O) groups excluding carboxylic acids is 1. The zero-order valence-corrected chi connectivity index (χ0v) is 16.8. The number of alkyl halides is 3. The Kier molecular flexibility index (Phi) is 6.69. The van der Waals surface area contributed by atoms with Gasteiger partial charge in [-0.25, -0.2) is 8.78 Å². The first-order valence-electron chi connectivity index (χ1n) is 8.80. The number of carbonyl (C=O) groups is 1. The van der Waals surface area contributed by atoms with Gasteiger partial charge in [-0.15, -0.1) is 11.3 Å². The van der Waals surface area contributed by atoms with Crippen LogP contribution in [0, 0.1) is 18.6 Å². The molecule has 1 N–H and O–H groups in total. The van der Waals surface area contributed by atoms with Gasteiger partial charge < -0.3 is 10.2 Å². The van der Waals surface area contributed by atoms with Gasteiger partial charge in [0.25, 0.3) is 5.91 Å². The van der Waals surface area contributed by atoms with Crippen molar-refractivity contribution in [1.82, 2.24) is 0 Å². The summed E-state index contributed by atoms with van der Waals surface area (Å²) in [5.41, 5.74) is 1.74. The average molecular weight is 454 g/mol. The number of nitrogens with zero attached hydrogens (tertiary/aromatic N) is 1. The van der Waals surface area contributed by atoms with Gasteiger partial charge in [0.15, 0.2) is 0 Å². The predicted octanol–water partition coefficient (Wildman–Crippen LogP) is 6.17. The summed E-state index contributed by atoms with van der Waals surface area (Å²) in [6.07, 6.45) is -3.49. The number of amides is 1. The third-order valence-corrected chi connectivity index (χ3v) is 5.05. The highest BCUT2D eigenvalue weighted by Crippen LogP contribution is 2.31. The molecule has 0 saturated carbocycles. The second kappa shape index (κ2) is 9.25. The smallest absolute Gasteiger partial charge is 0.386 e. The van der Waals surface area contributed by atoms with Crippen molar-refractivity contribution in [2.75, 3.05) is 11.9 Å². The first-order valence-corrected chi connectivity index (χ1v) is 9.68. The number of thiophene rings is 1. The predicted molar refractivity (Wildman–Crippen MR) is 108 cm³/mol. The van der Waals surface area contributed by atoms with Crippen LogP contribution in [0.4, 0.5) is 27.6 Å². The van der Waals surface area contributed by atoms with Crippen molar-refractivity contribution in [2.45, 2.75) is 13.1 Å². The van der Waals surface area contributed by atoms with E-state index >= 15 is 0 Å². The number of halogens is 5. The van der Waals surface area contributed by atoms with Gasteiger partial charge in [-0.3, -0.25) is 4.79 Å². The molecule has 0 spiro atoms. The Hall–Kier alpha value is -3.27. The Morgan fingerprint density at radius 3 is 2.45 bits per heavy atom. The molecule has 3 aromatic rings. The van der Waals surface area contributed by atoms with Crippen LogP contribution < -0.4 is 5.32 Å². The van der Waals surface area contributed by atoms with Gasteiger partial charge in [-0.05, 0) is 53.3 Å². The molecule has 3 rings (SSSR count). The summed E-state index contributed by atoms with van der Waals surface area (Å²) in [5, 5.41) is 7.70. The highest BCUT2D eigenvalue weighted by molar-refractivity contribution is 7.12. The molecule has 0 atom stereocenters. The fourth-order valence-electron chi connectivity index (χ4n) is 2.70. The molecule has 0 bridgehead atoms. The summed E-state index contributed by atoms with van der Waals surface area (Å²) in [5.74, 6) is -2.03. The molecular weight excluding hydrogens is 439 g/mol. The standard InChI is InChI=1S/C21H15F5N2O2S/c1-12-4-5-31-19(12)20(29)28-18-6-13(10-27-30-11-21(24,25)26)2-3-17(18)14-7-15(22)9-16(23)8-14/h2-10H,11H2,1H3,(H,28,29)/b27-10+. The Morgan fingerprint density at radius 1 is 1.13 bits per heavy atom. The van der Waals surface area contributed by atoms with E-state index in [-0.39, 0.29) is 11.3 Å². The number of aryl methyl sites for hydroxylation is 1. The van der Waals surface area contributed by atoms with E-state index < -0.39 is 30.3 Å². The maximum Gasteiger partial charge on any atom is 0.425 e. The lowest BCUT2D eigenvalue weighted by Gasteiger charge is -2.13. The minimum Gasteiger partial charge on any atom is -0.386 e. The summed E-state index contributed by atoms with van der Waals surface area (Å²) >= 11 is 1.22. The molecule has 162 valence electrons. The molecule has 0 unspecified atom stereocenters. The highest BCUT2D eigenvalue weighted by Gasteiger charge is 2.28. The molecule has 0 saturated heterocycles. The van der Waals surface area contributed by atoms with Crippen molar-refractivity contribution in [2.24, 2.45) is 5.16 Å². The molecule has 0 aliphatic rings. The zero-order chi connectivity index (χ0) is 22.6. The Labute approximate surface area is 178 Å². The van der Waals surface area contributed by atoms with Crippen LogP contribution in [0.5, 0.6) is 0 Å². The Morgan fingerprint density at radius 2 is 1.84 bits per heavy atom. The largest absolute Gasteiger partial charge is 0.425 e. The number of anilines is 1. The number of rotatable bonds is 6. The summed E-state index contributed by atoms with van der Waals surface area (Å²) in [6.45, 7) is 0.209. The Balaban J connectivity index is 1.95. The normalized spacial score (nSPS) is 11.7. The highest BCUT2D eigenvalue weighted by atomic mass is 32.1. The topological polar surface area (TPSA) is 50.7 Å². The number of benzene rings is 2. The van der Waals surface area contributed by atoms with E-state index in [1.165, 1.54) is 29.5 Å². The van der Waals surface area contributed by atoms with Gasteiger partial charge in [-0.2, -0.15) is 13.2 Å². The SMILES string of the molecule is Cc1ccsc1C(=O)Nc1cc(/C=N/OCC(F)(F)F)ccc1-c1cc(F)cc(F)c1. The summed E-state index contributed by atoms with van der Waals surface area (Å²) < 4.78 is 63.9. The minimum atomic E-state index is -4.53. The van der Waals surface area contributed by atoms with Crippen molar-refractivity contribution in [3.05, 3.63) is 75.5 Å². The van der Waals surface area contributed by atoms with E-state index in [2.05, 4.69) is 15.3 Å². The molecule has 2 aromatic carbocycles. The summed E-state index contributed by atoms with van der Waals surface area (Å²) in [6, 6.07) is 9.04. The quantitative estimate of drug-likeness (QED) is 0.275. The third kappa shape index (κ3) is 6.11. The molecule has 1 heterocycles. The van der Waals surface area contributed by atoms with E-state index in [0.717, 1.165) is 30.0 Å². The van der Waals surface area contributed by atoms with E-state index in [1.807, 2.05) is 0 Å². The van der Waals surface area contributed by atoms with Crippen LogP contribution in [0.15, 0.2) is 53.0 Å². The van der Waals surface area contributed by atoms with Crippen molar-refractivity contribution < 1.29 is 31.6 Å². The van der Waals surface area contributed by atoms with Crippen LogP contribution in [-0.2, 0) is 4.84 Å². The van der Waals surface area contributed by atoms with E-state index in [0.29, 0.717) is 16.0 Å². The van der Waals surface area contributed by atoms with Gasteiger partial charge in [0.2, 0.25) is 6.61 Å². The molecule has 1 amide bonds. The van der Waals surface area contributed by atoms with Gasteiger partial charge in [0.05, 0.1) is 11.1 Å². The minimum absolute atomic E-state index is 0.174. The second-order valence-corrected chi connectivity index (χ2v) is 7.39. The molecule has 31 heavy (non-hydrogen) atoms. The molecular formula is C21H15F5N2O2S. The lowest BCUT2D eigenvalue weighted by atomic mass is 10.0. The van der Waals surface area contributed by atoms with Crippen LogP contribution in [0.3, 0.4) is 0 Å². The van der Waals surface area contributed by atoms with Crippen LogP contribution >= 0.6 is 11.3 Å². The molecule has 0 aliphatic carbocycles. The fourth-order valence-corrected chi connectivity index (χ4v) is 3.52. The third-order valence-electron chi connectivity index (χ3n) is 4.04. The maximum absolute atomic E-state index is 13.7. The molecule has 4 nitrogen and oxygen atoms in total. The van der Waals surface area contributed by atoms with Gasteiger partial charge in [-0.1, -0.05) is 17.3 Å². The van der Waals surface area contributed by atoms with Crippen LogP contribution in [0.1, 0.15) is 20.8 Å². The van der Waals surface area contributed by atoms with Crippen molar-refractivity contribution in [3.8, 4) is 11.1 Å². The van der Waals surface area contributed by atoms with Crippen molar-refractivity contribution >= 4 is 29.1 Å². The van der Waals surface area contributed by atoms with Crippen LogP contribution in [-0.4, -0.2) is 24.9 Å². The monoisotopic (exact) mass is 454 g/mol. The number of hydrogen-bond acceptors (Lipinski definition) is 4. The first-order chi connectivity index (χ1) is 14.6. The van der Waals surface area contributed by atoms with Gasteiger partial charge in [0.1, 0.15) is 11.6 Å². The van der Waals surface area contributed by atoms with Gasteiger partial charge in [0, 0.05) is 17.3 Å². The number of oxime groups is 1. The van der Waals surface area contributed by atoms with E-state index in [4.69, 9.17) is 0 Å². The molecule has 0 fully saturated rings.